The fraction of sp³-hybridized carbons (Fsp3) is 0.857. The van der Waals surface area contributed by atoms with Gasteiger partial charge in [-0.3, -0.25) is 5.32 Å². The van der Waals surface area contributed by atoms with E-state index in [2.05, 4.69) is 12.2 Å². The fourth-order valence-corrected chi connectivity index (χ4v) is 7.32. The summed E-state index contributed by atoms with van der Waals surface area (Å²) in [5.41, 5.74) is 0.737. The first-order valence-electron chi connectivity index (χ1n) is 21.3. The highest BCUT2D eigenvalue weighted by Crippen LogP contribution is 2.27. The number of ether oxygens (including phenoxy) is 2. The second kappa shape index (κ2) is 28.9. The average molecular weight is 814 g/mol. The molecule has 9 atom stereocenters. The Kier molecular flexibility index (Phi) is 26.1. The van der Waals surface area contributed by atoms with Gasteiger partial charge in [0.05, 0.1) is 31.5 Å². The fourth-order valence-electron chi connectivity index (χ4n) is 7.32. The summed E-state index contributed by atoms with van der Waals surface area (Å²) in [5.74, 6) is -1.73. The first kappa shape index (κ1) is 50.7. The number of alkyl halides is 3. The Hall–Kier alpha value is -1.49. The van der Waals surface area contributed by atoms with Crippen LogP contribution >= 0.6 is 0 Å². The van der Waals surface area contributed by atoms with E-state index in [1.165, 1.54) is 51.0 Å². The summed E-state index contributed by atoms with van der Waals surface area (Å²) in [5, 5.41) is 64.7. The van der Waals surface area contributed by atoms with Crippen LogP contribution in [0, 0.1) is 11.6 Å². The number of aryl methyl sites for hydroxylation is 1. The van der Waals surface area contributed by atoms with E-state index in [9.17, 15) is 52.6 Å². The van der Waals surface area contributed by atoms with Gasteiger partial charge in [0.1, 0.15) is 30.5 Å². The molecule has 1 saturated heterocycles. The predicted molar refractivity (Wildman–Crippen MR) is 206 cm³/mol. The minimum atomic E-state index is -4.69. The third-order valence-corrected chi connectivity index (χ3v) is 11.0. The molecule has 0 amide bonds. The van der Waals surface area contributed by atoms with Crippen molar-refractivity contribution in [3.8, 4) is 0 Å². The molecule has 1 aromatic rings. The Morgan fingerprint density at radius 3 is 1.73 bits per heavy atom. The predicted octanol–water partition coefficient (Wildman–Crippen LogP) is 7.54. The second-order valence-electron chi connectivity index (χ2n) is 15.7. The zero-order valence-electron chi connectivity index (χ0n) is 33.5. The van der Waals surface area contributed by atoms with Crippen LogP contribution in [0.2, 0.25) is 0 Å². The molecule has 0 spiro atoms. The van der Waals surface area contributed by atoms with Gasteiger partial charge in [0.2, 0.25) is 0 Å². The Labute approximate surface area is 331 Å². The topological polar surface area (TPSA) is 152 Å². The summed E-state index contributed by atoms with van der Waals surface area (Å²) in [7, 11) is 0. The summed E-state index contributed by atoms with van der Waals surface area (Å²) < 4.78 is 80.4. The first-order valence-corrected chi connectivity index (χ1v) is 21.3. The van der Waals surface area contributed by atoms with E-state index in [1.807, 2.05) is 0 Å². The van der Waals surface area contributed by atoms with Crippen molar-refractivity contribution in [3.63, 3.8) is 0 Å². The summed E-state index contributed by atoms with van der Waals surface area (Å²) in [6, 6.07) is 0.425. The molecular weight excluding hydrogens is 741 g/mol. The number of hydrogen-bond donors (Lipinski definition) is 7. The highest BCUT2D eigenvalue weighted by Gasteiger charge is 2.46. The lowest BCUT2D eigenvalue weighted by atomic mass is 9.97. The smallest absolute Gasteiger partial charge is 0.394 e. The Morgan fingerprint density at radius 2 is 1.21 bits per heavy atom. The van der Waals surface area contributed by atoms with Gasteiger partial charge in [0.15, 0.2) is 17.9 Å². The van der Waals surface area contributed by atoms with Crippen molar-refractivity contribution in [1.29, 1.82) is 0 Å². The molecule has 1 fully saturated rings. The maximum atomic E-state index is 14.3. The normalized spacial score (nSPS) is 22.6. The van der Waals surface area contributed by atoms with Crippen LogP contribution in [0.15, 0.2) is 18.2 Å². The van der Waals surface area contributed by atoms with E-state index in [0.717, 1.165) is 75.8 Å². The van der Waals surface area contributed by atoms with Crippen LogP contribution in [0.4, 0.5) is 22.0 Å². The number of unbranched alkanes of at least 4 members (excludes halogenated alkanes) is 18. The molecule has 7 N–H and O–H groups in total. The molecule has 0 saturated carbocycles. The van der Waals surface area contributed by atoms with Gasteiger partial charge in [-0.2, -0.15) is 13.2 Å². The Bertz CT molecular complexity index is 1140. The summed E-state index contributed by atoms with van der Waals surface area (Å²) in [4.78, 5) is 0. The minimum absolute atomic E-state index is 0.165. The van der Waals surface area contributed by atoms with Crippen molar-refractivity contribution in [3.05, 3.63) is 35.4 Å². The monoisotopic (exact) mass is 814 g/mol. The molecule has 0 radical (unpaired) electrons. The van der Waals surface area contributed by atoms with E-state index >= 15 is 0 Å². The van der Waals surface area contributed by atoms with Crippen LogP contribution in [-0.4, -0.2) is 105 Å². The maximum Gasteiger partial charge on any atom is 0.403 e. The van der Waals surface area contributed by atoms with Crippen molar-refractivity contribution in [1.82, 2.24) is 5.32 Å². The molecule has 328 valence electrons. The molecule has 1 aliphatic heterocycles. The lowest BCUT2D eigenvalue weighted by Crippen LogP contribution is -2.61. The molecule has 1 heterocycles. The van der Waals surface area contributed by atoms with Gasteiger partial charge in [-0.1, -0.05) is 135 Å². The zero-order valence-corrected chi connectivity index (χ0v) is 33.5. The lowest BCUT2D eigenvalue weighted by molar-refractivity contribution is -0.303. The van der Waals surface area contributed by atoms with E-state index in [0.29, 0.717) is 19.3 Å². The van der Waals surface area contributed by atoms with Crippen LogP contribution in [0.25, 0.3) is 0 Å². The standard InChI is InChI=1S/C42H72F5NO8/c1-2-3-4-5-6-7-8-9-10-14-17-20-23-34(50)37(51)33(29-55-41-40(54)39(53)38(52)35(28-49)56-41)48-36(42(45,46)47)24-21-18-15-12-11-13-16-19-22-30-25-26-31(43)32(44)27-30/h25-27,33-41,48-54H,2-24,28-29H2,1H3/t33-,34+,35?,36-,37-,38?,39?,40?,41?/m0/s1. The zero-order chi connectivity index (χ0) is 41.3. The van der Waals surface area contributed by atoms with Crippen LogP contribution in [-0.2, 0) is 15.9 Å². The highest BCUT2D eigenvalue weighted by atomic mass is 19.4. The number of benzene rings is 1. The molecule has 2 rings (SSSR count). The number of nitrogens with one attached hydrogen (secondary N) is 1. The van der Waals surface area contributed by atoms with Crippen LogP contribution < -0.4 is 5.32 Å². The molecule has 1 aliphatic rings. The molecule has 9 nitrogen and oxygen atoms in total. The van der Waals surface area contributed by atoms with Gasteiger partial charge in [-0.25, -0.2) is 8.78 Å². The van der Waals surface area contributed by atoms with Crippen molar-refractivity contribution in [2.75, 3.05) is 13.2 Å². The van der Waals surface area contributed by atoms with Crippen molar-refractivity contribution < 1.29 is 62.1 Å². The number of halogens is 5. The molecule has 0 bridgehead atoms. The molecule has 14 heteroatoms. The van der Waals surface area contributed by atoms with Crippen molar-refractivity contribution in [2.45, 2.75) is 216 Å². The third-order valence-electron chi connectivity index (χ3n) is 11.0. The number of aliphatic hydroxyl groups excluding tert-OH is 6. The van der Waals surface area contributed by atoms with Crippen molar-refractivity contribution >= 4 is 0 Å². The SMILES string of the molecule is CCCCCCCCCCCCCC[C@@H](O)[C@@H](O)[C@H](COC1OC(CO)C(O)C(O)C1O)N[C@@H](CCCCCCCCCCc1ccc(F)c(F)c1)C(F)(F)F. The van der Waals surface area contributed by atoms with Crippen LogP contribution in [0.3, 0.4) is 0 Å². The van der Waals surface area contributed by atoms with Crippen molar-refractivity contribution in [2.24, 2.45) is 0 Å². The number of rotatable bonds is 32. The number of aliphatic hydroxyl groups is 6. The molecule has 5 unspecified atom stereocenters. The highest BCUT2D eigenvalue weighted by molar-refractivity contribution is 5.17. The van der Waals surface area contributed by atoms with Gasteiger partial charge in [0.25, 0.3) is 0 Å². The van der Waals surface area contributed by atoms with E-state index in [-0.39, 0.29) is 19.3 Å². The Balaban J connectivity index is 1.85. The molecule has 0 aliphatic carbocycles. The van der Waals surface area contributed by atoms with E-state index in [1.54, 1.807) is 6.07 Å². The summed E-state index contributed by atoms with van der Waals surface area (Å²) in [6.45, 7) is 0.843. The van der Waals surface area contributed by atoms with Gasteiger partial charge in [-0.05, 0) is 43.4 Å². The third kappa shape index (κ3) is 20.0. The molecule has 0 aromatic heterocycles. The first-order chi connectivity index (χ1) is 26.8. The lowest BCUT2D eigenvalue weighted by Gasteiger charge is -2.40. The van der Waals surface area contributed by atoms with Crippen LogP contribution in [0.5, 0.6) is 0 Å². The Morgan fingerprint density at radius 1 is 0.696 bits per heavy atom. The molecule has 1 aromatic carbocycles. The quantitative estimate of drug-likeness (QED) is 0.0289. The average Bonchev–Trinajstić information content (AvgIpc) is 3.17. The van der Waals surface area contributed by atoms with E-state index < -0.39 is 86.0 Å². The van der Waals surface area contributed by atoms with E-state index in [4.69, 9.17) is 9.47 Å². The second-order valence-corrected chi connectivity index (χ2v) is 15.7. The molecular formula is C42H72F5NO8. The largest absolute Gasteiger partial charge is 0.403 e. The van der Waals surface area contributed by atoms with Gasteiger partial charge >= 0.3 is 6.18 Å². The van der Waals surface area contributed by atoms with Gasteiger partial charge in [0, 0.05) is 0 Å². The molecule has 56 heavy (non-hydrogen) atoms. The minimum Gasteiger partial charge on any atom is -0.394 e. The maximum absolute atomic E-state index is 14.3. The summed E-state index contributed by atoms with van der Waals surface area (Å²) in [6.07, 6.45) is 3.90. The number of hydrogen-bond acceptors (Lipinski definition) is 9. The van der Waals surface area contributed by atoms with Gasteiger partial charge in [-0.15, -0.1) is 0 Å². The summed E-state index contributed by atoms with van der Waals surface area (Å²) >= 11 is 0. The van der Waals surface area contributed by atoms with Gasteiger partial charge < -0.3 is 40.1 Å². The van der Waals surface area contributed by atoms with Crippen LogP contribution in [0.1, 0.15) is 154 Å².